The number of benzene rings is 1. The van der Waals surface area contributed by atoms with Crippen LogP contribution in [0.15, 0.2) is 30.3 Å². The van der Waals surface area contributed by atoms with Gasteiger partial charge in [-0.2, -0.15) is 18.2 Å². The molecule has 0 spiro atoms. The Balaban J connectivity index is 2.28. The van der Waals surface area contributed by atoms with Gasteiger partial charge in [-0.15, -0.1) is 0 Å². The maximum atomic E-state index is 12.9. The Morgan fingerprint density at radius 2 is 1.80 bits per heavy atom. The summed E-state index contributed by atoms with van der Waals surface area (Å²) in [5, 5.41) is 12.9. The molecule has 8 nitrogen and oxygen atoms in total. The number of anilines is 3. The Morgan fingerprint density at radius 1 is 1.16 bits per heavy atom. The molecule has 0 bridgehead atoms. The molecule has 5 N–H and O–H groups in total. The molecule has 1 amide bonds. The maximum Gasteiger partial charge on any atom is 0.433 e. The molecule has 0 atom stereocenters. The van der Waals surface area contributed by atoms with Gasteiger partial charge in [-0.3, -0.25) is 9.59 Å². The molecule has 25 heavy (non-hydrogen) atoms. The summed E-state index contributed by atoms with van der Waals surface area (Å²) in [5.74, 6) is -3.04. The highest BCUT2D eigenvalue weighted by Gasteiger charge is 2.34. The van der Waals surface area contributed by atoms with Crippen molar-refractivity contribution in [1.82, 2.24) is 9.97 Å². The average Bonchev–Trinajstić information content (AvgIpc) is 2.52. The van der Waals surface area contributed by atoms with Crippen molar-refractivity contribution in [1.29, 1.82) is 0 Å². The highest BCUT2D eigenvalue weighted by molar-refractivity contribution is 6.04. The molecular weight excluding hydrogens is 343 g/mol. The topological polar surface area (TPSA) is 130 Å². The van der Waals surface area contributed by atoms with Gasteiger partial charge in [0, 0.05) is 17.3 Å². The molecule has 0 aliphatic carbocycles. The van der Waals surface area contributed by atoms with Crippen LogP contribution in [0.2, 0.25) is 0 Å². The number of nitrogen functional groups attached to an aromatic ring is 1. The predicted octanol–water partition coefficient (Wildman–Crippen LogP) is 1.83. The fourth-order valence-corrected chi connectivity index (χ4v) is 1.71. The number of amides is 1. The second-order valence-corrected chi connectivity index (χ2v) is 4.78. The second kappa shape index (κ2) is 7.03. The molecular formula is C14H12F3N5O3. The highest BCUT2D eigenvalue weighted by Crippen LogP contribution is 2.29. The van der Waals surface area contributed by atoms with Crippen LogP contribution in [-0.2, 0) is 11.0 Å². The van der Waals surface area contributed by atoms with E-state index in [0.717, 1.165) is 0 Å². The first-order chi connectivity index (χ1) is 11.6. The van der Waals surface area contributed by atoms with Crippen LogP contribution < -0.4 is 16.4 Å². The van der Waals surface area contributed by atoms with Gasteiger partial charge in [0.25, 0.3) is 5.91 Å². The minimum Gasteiger partial charge on any atom is -0.480 e. The van der Waals surface area contributed by atoms with Gasteiger partial charge in [-0.05, 0) is 24.3 Å². The molecule has 0 aliphatic rings. The Kier molecular flexibility index (Phi) is 5.05. The SMILES string of the molecule is Nc1ccc(C(=O)Nc2cc(C(F)(F)F)nc(NCC(=O)O)n2)cc1. The fraction of sp³-hybridized carbons (Fsp3) is 0.143. The zero-order chi connectivity index (χ0) is 18.6. The third-order valence-electron chi connectivity index (χ3n) is 2.83. The van der Waals surface area contributed by atoms with Crippen molar-refractivity contribution in [3.8, 4) is 0 Å². The number of rotatable bonds is 5. The molecule has 0 fully saturated rings. The van der Waals surface area contributed by atoms with Gasteiger partial charge in [0.05, 0.1) is 0 Å². The van der Waals surface area contributed by atoms with E-state index in [1.165, 1.54) is 24.3 Å². The lowest BCUT2D eigenvalue weighted by atomic mass is 10.2. The number of aliphatic carboxylic acids is 1. The van der Waals surface area contributed by atoms with E-state index in [4.69, 9.17) is 10.8 Å². The average molecular weight is 355 g/mol. The number of nitrogens with one attached hydrogen (secondary N) is 2. The molecule has 0 aliphatic heterocycles. The standard InChI is InChI=1S/C14H12F3N5O3/c15-14(16,17)9-5-10(22-13(20-9)19-6-11(23)24)21-12(25)7-1-3-8(18)4-2-7/h1-5H,6,18H2,(H,23,24)(H2,19,20,21,22,25). The molecule has 0 saturated heterocycles. The monoisotopic (exact) mass is 355 g/mol. The summed E-state index contributed by atoms with van der Waals surface area (Å²) < 4.78 is 38.7. The number of nitrogens with zero attached hydrogens (tertiary/aromatic N) is 2. The largest absolute Gasteiger partial charge is 0.480 e. The number of carbonyl (C=O) groups is 2. The summed E-state index contributed by atoms with van der Waals surface area (Å²) in [6.07, 6.45) is -4.80. The molecule has 0 radical (unpaired) electrons. The molecule has 1 heterocycles. The molecule has 1 aromatic carbocycles. The van der Waals surface area contributed by atoms with Crippen molar-refractivity contribution < 1.29 is 27.9 Å². The smallest absolute Gasteiger partial charge is 0.433 e. The predicted molar refractivity (Wildman–Crippen MR) is 82.0 cm³/mol. The van der Waals surface area contributed by atoms with Crippen molar-refractivity contribution in [2.24, 2.45) is 0 Å². The van der Waals surface area contributed by atoms with E-state index < -0.39 is 42.1 Å². The van der Waals surface area contributed by atoms with Crippen molar-refractivity contribution in [3.05, 3.63) is 41.6 Å². The van der Waals surface area contributed by atoms with Crippen molar-refractivity contribution in [2.45, 2.75) is 6.18 Å². The molecule has 11 heteroatoms. The van der Waals surface area contributed by atoms with Crippen LogP contribution in [0.1, 0.15) is 16.1 Å². The van der Waals surface area contributed by atoms with Gasteiger partial charge in [-0.1, -0.05) is 0 Å². The second-order valence-electron chi connectivity index (χ2n) is 4.78. The minimum atomic E-state index is -4.80. The summed E-state index contributed by atoms with van der Waals surface area (Å²) in [4.78, 5) is 29.4. The van der Waals surface area contributed by atoms with Crippen LogP contribution in [-0.4, -0.2) is 33.5 Å². The van der Waals surface area contributed by atoms with Gasteiger partial charge in [0.15, 0.2) is 5.69 Å². The van der Waals surface area contributed by atoms with E-state index >= 15 is 0 Å². The zero-order valence-electron chi connectivity index (χ0n) is 12.5. The number of carbonyl (C=O) groups excluding carboxylic acids is 1. The van der Waals surface area contributed by atoms with Crippen molar-refractivity contribution in [3.63, 3.8) is 0 Å². The molecule has 0 saturated carbocycles. The summed E-state index contributed by atoms with van der Waals surface area (Å²) >= 11 is 0. The zero-order valence-corrected chi connectivity index (χ0v) is 12.5. The summed E-state index contributed by atoms with van der Waals surface area (Å²) in [6.45, 7) is -0.688. The third kappa shape index (κ3) is 5.06. The third-order valence-corrected chi connectivity index (χ3v) is 2.83. The van der Waals surface area contributed by atoms with E-state index in [-0.39, 0.29) is 5.56 Å². The summed E-state index contributed by atoms with van der Waals surface area (Å²) in [5.41, 5.74) is 4.73. The summed E-state index contributed by atoms with van der Waals surface area (Å²) in [7, 11) is 0. The molecule has 2 aromatic rings. The number of nitrogens with two attached hydrogens (primary N) is 1. The van der Waals surface area contributed by atoms with E-state index in [1.807, 2.05) is 0 Å². The first-order valence-electron chi connectivity index (χ1n) is 6.74. The Labute approximate surface area is 138 Å². The van der Waals surface area contributed by atoms with Crippen molar-refractivity contribution >= 4 is 29.3 Å². The highest BCUT2D eigenvalue weighted by atomic mass is 19.4. The van der Waals surface area contributed by atoms with Crippen LogP contribution in [0.25, 0.3) is 0 Å². The van der Waals surface area contributed by atoms with Gasteiger partial charge in [0.1, 0.15) is 12.4 Å². The quantitative estimate of drug-likeness (QED) is 0.602. The van der Waals surface area contributed by atoms with Gasteiger partial charge in [0.2, 0.25) is 5.95 Å². The van der Waals surface area contributed by atoms with Gasteiger partial charge >= 0.3 is 12.1 Å². The summed E-state index contributed by atoms with van der Waals surface area (Å²) in [6, 6.07) is 6.23. The lowest BCUT2D eigenvalue weighted by molar-refractivity contribution is -0.141. The van der Waals surface area contributed by atoms with Crippen LogP contribution in [0.5, 0.6) is 0 Å². The Morgan fingerprint density at radius 3 is 2.36 bits per heavy atom. The Hall–Kier alpha value is -3.37. The number of carboxylic acid groups (broad SMARTS) is 1. The van der Waals surface area contributed by atoms with E-state index in [2.05, 4.69) is 20.6 Å². The normalized spacial score (nSPS) is 11.0. The molecule has 2 rings (SSSR count). The fourth-order valence-electron chi connectivity index (χ4n) is 1.71. The first kappa shape index (κ1) is 18.0. The number of hydrogen-bond donors (Lipinski definition) is 4. The van der Waals surface area contributed by atoms with Crippen molar-refractivity contribution in [2.75, 3.05) is 22.9 Å². The number of alkyl halides is 3. The molecule has 132 valence electrons. The number of carboxylic acids is 1. The number of halogens is 3. The van der Waals surface area contributed by atoms with Crippen LogP contribution >= 0.6 is 0 Å². The van der Waals surface area contributed by atoms with Crippen LogP contribution in [0.3, 0.4) is 0 Å². The lowest BCUT2D eigenvalue weighted by Gasteiger charge is -2.11. The first-order valence-corrected chi connectivity index (χ1v) is 6.74. The number of hydrogen-bond acceptors (Lipinski definition) is 6. The molecule has 0 unspecified atom stereocenters. The van der Waals surface area contributed by atoms with Crippen LogP contribution in [0.4, 0.5) is 30.6 Å². The number of aromatic nitrogens is 2. The lowest BCUT2D eigenvalue weighted by Crippen LogP contribution is -2.19. The maximum absolute atomic E-state index is 12.9. The van der Waals surface area contributed by atoms with Gasteiger partial charge in [-0.25, -0.2) is 4.98 Å². The minimum absolute atomic E-state index is 0.154. The van der Waals surface area contributed by atoms with E-state index in [0.29, 0.717) is 11.8 Å². The van der Waals surface area contributed by atoms with E-state index in [9.17, 15) is 22.8 Å². The molecule has 1 aromatic heterocycles. The van der Waals surface area contributed by atoms with Gasteiger partial charge < -0.3 is 21.5 Å². The van der Waals surface area contributed by atoms with Crippen LogP contribution in [0, 0.1) is 0 Å². The Bertz CT molecular complexity index is 793. The van der Waals surface area contributed by atoms with E-state index in [1.54, 1.807) is 0 Å².